The van der Waals surface area contributed by atoms with Gasteiger partial charge in [-0.2, -0.15) is 0 Å². The molecule has 9 nitrogen and oxygen atoms in total. The van der Waals surface area contributed by atoms with Crippen molar-refractivity contribution in [3.8, 4) is 0 Å². The van der Waals surface area contributed by atoms with Crippen LogP contribution in [0.25, 0.3) is 0 Å². The van der Waals surface area contributed by atoms with Crippen LogP contribution in [0.3, 0.4) is 0 Å². The number of hydrogen-bond acceptors (Lipinski definition) is 8. The standard InChI is InChI=1S/C60H95NO8/c1-6-8-10-12-14-16-18-20-22-24-25-26-27-28-29-30-31-32-33-35-37-39-41-43-45-47-49-51-58(63)69-56(55-68-60(59(64)65)66-53-52-61(3,4)5)54-67-57(62)50-48-46-44-42-40-38-36-34-23-21-19-17-15-13-11-9-7-2/h8-11,14-17,20-23,25-26,28-29,31-32,35-38,56,60H,6-7,12-13,18-19,24,27,30,33-34,39-55H2,1-5H3/b10-8-,11-9-,16-14-,17-15-,22-20-,23-21-,26-25-,29-28-,32-31-,37-35-,38-36-. The minimum Gasteiger partial charge on any atom is -0.545 e. The van der Waals surface area contributed by atoms with Crippen LogP contribution in [-0.4, -0.2) is 82.3 Å². The fourth-order valence-electron chi connectivity index (χ4n) is 6.39. The van der Waals surface area contributed by atoms with E-state index in [9.17, 15) is 19.5 Å². The molecule has 0 aliphatic heterocycles. The molecular formula is C60H95NO8. The summed E-state index contributed by atoms with van der Waals surface area (Å²) in [5, 5.41) is 11.7. The number of quaternary nitrogens is 1. The molecule has 0 aromatic carbocycles. The SMILES string of the molecule is CC/C=C\C/C=C\C/C=C\C/C=C\C/C=C\C/C=C\C/C=C\CCCCCCCC(=O)OC(COC(=O)CCCCCC/C=C\C/C=C\C/C=C\C/C=C\CC)COC(OCC[N+](C)(C)C)C(=O)[O-]. The Bertz CT molecular complexity index is 1590. The predicted molar refractivity (Wildman–Crippen MR) is 287 cm³/mol. The molecule has 0 amide bonds. The summed E-state index contributed by atoms with van der Waals surface area (Å²) in [4.78, 5) is 37.2. The van der Waals surface area contributed by atoms with Gasteiger partial charge < -0.3 is 33.3 Å². The van der Waals surface area contributed by atoms with Crippen molar-refractivity contribution in [1.82, 2.24) is 0 Å². The van der Waals surface area contributed by atoms with Gasteiger partial charge in [0.1, 0.15) is 13.2 Å². The van der Waals surface area contributed by atoms with Gasteiger partial charge >= 0.3 is 11.9 Å². The Morgan fingerprint density at radius 2 is 0.783 bits per heavy atom. The lowest BCUT2D eigenvalue weighted by molar-refractivity contribution is -0.870. The number of carbonyl (C=O) groups excluding carboxylic acids is 3. The molecule has 0 bridgehead atoms. The normalized spacial score (nSPS) is 13.9. The highest BCUT2D eigenvalue weighted by atomic mass is 16.7. The zero-order chi connectivity index (χ0) is 50.6. The average Bonchev–Trinajstić information content (AvgIpc) is 3.31. The summed E-state index contributed by atoms with van der Waals surface area (Å²) in [6.45, 7) is 4.43. The molecule has 0 aromatic rings. The van der Waals surface area contributed by atoms with Crippen molar-refractivity contribution in [3.05, 3.63) is 134 Å². The summed E-state index contributed by atoms with van der Waals surface area (Å²) in [6, 6.07) is 0. The lowest BCUT2D eigenvalue weighted by atomic mass is 10.1. The summed E-state index contributed by atoms with van der Waals surface area (Å²) in [6.07, 6.45) is 67.7. The molecule has 0 aromatic heterocycles. The molecule has 0 fully saturated rings. The van der Waals surface area contributed by atoms with Crippen LogP contribution < -0.4 is 5.11 Å². The number of likely N-dealkylation sites (N-methyl/N-ethyl adjacent to an activating group) is 1. The fourth-order valence-corrected chi connectivity index (χ4v) is 6.39. The summed E-state index contributed by atoms with van der Waals surface area (Å²) >= 11 is 0. The molecule has 0 heterocycles. The van der Waals surface area contributed by atoms with Crippen LogP contribution in [-0.2, 0) is 33.3 Å². The van der Waals surface area contributed by atoms with E-state index in [1.165, 1.54) is 0 Å². The van der Waals surface area contributed by atoms with Gasteiger partial charge in [0, 0.05) is 12.8 Å². The maximum atomic E-state index is 12.8. The van der Waals surface area contributed by atoms with E-state index < -0.39 is 30.3 Å². The maximum absolute atomic E-state index is 12.8. The first-order valence-electron chi connectivity index (χ1n) is 26.3. The molecule has 69 heavy (non-hydrogen) atoms. The monoisotopic (exact) mass is 958 g/mol. The zero-order valence-electron chi connectivity index (χ0n) is 43.9. The second-order valence-corrected chi connectivity index (χ2v) is 18.0. The van der Waals surface area contributed by atoms with Crippen LogP contribution in [0.2, 0.25) is 0 Å². The van der Waals surface area contributed by atoms with E-state index in [2.05, 4.69) is 148 Å². The molecule has 2 unspecified atom stereocenters. The fraction of sp³-hybridized carbons (Fsp3) is 0.583. The van der Waals surface area contributed by atoms with Crippen LogP contribution >= 0.6 is 0 Å². The van der Waals surface area contributed by atoms with Gasteiger partial charge in [0.2, 0.25) is 0 Å². The minimum absolute atomic E-state index is 0.131. The highest BCUT2D eigenvalue weighted by Crippen LogP contribution is 2.12. The molecule has 0 N–H and O–H groups in total. The van der Waals surface area contributed by atoms with E-state index in [1.807, 2.05) is 21.1 Å². The highest BCUT2D eigenvalue weighted by molar-refractivity contribution is 5.70. The van der Waals surface area contributed by atoms with Gasteiger partial charge in [-0.3, -0.25) is 9.59 Å². The van der Waals surface area contributed by atoms with E-state index >= 15 is 0 Å². The second kappa shape index (κ2) is 49.8. The van der Waals surface area contributed by atoms with E-state index in [0.717, 1.165) is 128 Å². The zero-order valence-corrected chi connectivity index (χ0v) is 43.9. The first kappa shape index (κ1) is 64.4. The van der Waals surface area contributed by atoms with Crippen molar-refractivity contribution in [2.24, 2.45) is 0 Å². The smallest absolute Gasteiger partial charge is 0.306 e. The lowest BCUT2D eigenvalue weighted by Crippen LogP contribution is -2.44. The quantitative estimate of drug-likeness (QED) is 0.0195. The molecule has 0 aliphatic carbocycles. The number of carbonyl (C=O) groups is 3. The van der Waals surface area contributed by atoms with Crippen molar-refractivity contribution in [2.75, 3.05) is 47.5 Å². The van der Waals surface area contributed by atoms with Gasteiger partial charge in [-0.05, 0) is 109 Å². The van der Waals surface area contributed by atoms with Crippen LogP contribution in [0.5, 0.6) is 0 Å². The number of esters is 2. The van der Waals surface area contributed by atoms with Crippen LogP contribution in [0.4, 0.5) is 0 Å². The number of allylic oxidation sites excluding steroid dienone is 22. The first-order valence-corrected chi connectivity index (χ1v) is 26.3. The molecule has 0 aliphatic rings. The molecule has 388 valence electrons. The second-order valence-electron chi connectivity index (χ2n) is 18.0. The molecule has 0 saturated carbocycles. The van der Waals surface area contributed by atoms with Crippen molar-refractivity contribution in [2.45, 2.75) is 180 Å². The van der Waals surface area contributed by atoms with Crippen molar-refractivity contribution in [3.63, 3.8) is 0 Å². The third-order valence-electron chi connectivity index (χ3n) is 10.4. The number of carboxylic acid groups (broad SMARTS) is 1. The molecule has 0 rings (SSSR count). The number of rotatable bonds is 46. The Balaban J connectivity index is 4.43. The molecule has 0 radical (unpaired) electrons. The maximum Gasteiger partial charge on any atom is 0.306 e. The molecule has 9 heteroatoms. The predicted octanol–water partition coefficient (Wildman–Crippen LogP) is 13.8. The summed E-state index contributed by atoms with van der Waals surface area (Å²) in [5.41, 5.74) is 0. The van der Waals surface area contributed by atoms with Gasteiger partial charge in [0.15, 0.2) is 12.4 Å². The number of aliphatic carboxylic acids is 1. The Labute approximate surface area is 420 Å². The van der Waals surface area contributed by atoms with E-state index in [-0.39, 0.29) is 32.7 Å². The number of nitrogens with zero attached hydrogens (tertiary/aromatic N) is 1. The van der Waals surface area contributed by atoms with Gasteiger partial charge in [-0.15, -0.1) is 0 Å². The largest absolute Gasteiger partial charge is 0.545 e. The van der Waals surface area contributed by atoms with Gasteiger partial charge in [0.05, 0.1) is 40.3 Å². The topological polar surface area (TPSA) is 111 Å². The van der Waals surface area contributed by atoms with Gasteiger partial charge in [-0.1, -0.05) is 180 Å². The number of ether oxygens (including phenoxy) is 4. The van der Waals surface area contributed by atoms with Crippen molar-refractivity contribution < 1.29 is 42.9 Å². The highest BCUT2D eigenvalue weighted by Gasteiger charge is 2.21. The first-order chi connectivity index (χ1) is 33.6. The van der Waals surface area contributed by atoms with Crippen molar-refractivity contribution >= 4 is 17.9 Å². The minimum atomic E-state index is -1.64. The molecule has 0 spiro atoms. The lowest BCUT2D eigenvalue weighted by Gasteiger charge is -2.26. The Hall–Kier alpha value is -4.57. The Morgan fingerprint density at radius 1 is 0.435 bits per heavy atom. The number of hydrogen-bond donors (Lipinski definition) is 0. The van der Waals surface area contributed by atoms with Crippen LogP contribution in [0, 0.1) is 0 Å². The molecule has 0 saturated heterocycles. The van der Waals surface area contributed by atoms with E-state index in [0.29, 0.717) is 23.9 Å². The van der Waals surface area contributed by atoms with Gasteiger partial charge in [-0.25, -0.2) is 0 Å². The van der Waals surface area contributed by atoms with Gasteiger partial charge in [0.25, 0.3) is 0 Å². The van der Waals surface area contributed by atoms with Crippen LogP contribution in [0.15, 0.2) is 134 Å². The number of carboxylic acids is 1. The Morgan fingerprint density at radius 3 is 1.16 bits per heavy atom. The number of unbranched alkanes of at least 4 members (excludes halogenated alkanes) is 9. The van der Waals surface area contributed by atoms with E-state index in [4.69, 9.17) is 18.9 Å². The molecule has 2 atom stereocenters. The Kier molecular flexibility index (Phi) is 46.5. The summed E-state index contributed by atoms with van der Waals surface area (Å²) in [5.74, 6) is -2.36. The average molecular weight is 958 g/mol. The molecular weight excluding hydrogens is 863 g/mol. The summed E-state index contributed by atoms with van der Waals surface area (Å²) < 4.78 is 22.6. The third kappa shape index (κ3) is 51.1. The van der Waals surface area contributed by atoms with Crippen LogP contribution in [0.1, 0.15) is 168 Å². The van der Waals surface area contributed by atoms with Crippen molar-refractivity contribution in [1.29, 1.82) is 0 Å². The summed E-state index contributed by atoms with van der Waals surface area (Å²) in [7, 11) is 5.89. The third-order valence-corrected chi connectivity index (χ3v) is 10.4. The van der Waals surface area contributed by atoms with E-state index in [1.54, 1.807) is 0 Å².